The van der Waals surface area contributed by atoms with Gasteiger partial charge in [-0.25, -0.2) is 0 Å². The lowest BCUT2D eigenvalue weighted by Crippen LogP contribution is -2.24. The van der Waals surface area contributed by atoms with Crippen LogP contribution in [-0.4, -0.2) is 28.8 Å². The van der Waals surface area contributed by atoms with Crippen LogP contribution in [-0.2, 0) is 22.5 Å². The normalized spacial score (nSPS) is 12.7. The van der Waals surface area contributed by atoms with Crippen molar-refractivity contribution in [2.24, 2.45) is 0 Å². The van der Waals surface area contributed by atoms with Crippen LogP contribution in [0.25, 0.3) is 0 Å². The molecule has 1 aromatic heterocycles. The number of hydrogen-bond donors (Lipinski definition) is 0. The molecule has 1 rings (SSSR count). The minimum atomic E-state index is -0.269. The van der Waals surface area contributed by atoms with Crippen molar-refractivity contribution in [2.75, 3.05) is 7.11 Å². The summed E-state index contributed by atoms with van der Waals surface area (Å²) in [4.78, 5) is 11.9. The van der Waals surface area contributed by atoms with E-state index in [2.05, 4.69) is 12.0 Å². The number of methoxy groups -OCH3 is 1. The maximum atomic E-state index is 11.9. The topological polar surface area (TPSA) is 44.1 Å². The van der Waals surface area contributed by atoms with Gasteiger partial charge in [0.15, 0.2) is 5.78 Å². The average molecular weight is 224 g/mol. The van der Waals surface area contributed by atoms with Crippen LogP contribution in [0.15, 0.2) is 12.4 Å². The van der Waals surface area contributed by atoms with Gasteiger partial charge < -0.3 is 4.74 Å². The molecule has 16 heavy (non-hydrogen) atoms. The standard InChI is InChI=1S/C12H20N2O2/c1-4-6-12(16-3)11(15)7-10-8-13-14(5-2)9-10/h8-9,12H,4-7H2,1-3H3. The summed E-state index contributed by atoms with van der Waals surface area (Å²) in [5, 5.41) is 4.14. The summed E-state index contributed by atoms with van der Waals surface area (Å²) >= 11 is 0. The van der Waals surface area contributed by atoms with E-state index in [9.17, 15) is 4.79 Å². The van der Waals surface area contributed by atoms with Crippen LogP contribution in [0.4, 0.5) is 0 Å². The van der Waals surface area contributed by atoms with Crippen molar-refractivity contribution in [1.29, 1.82) is 0 Å². The van der Waals surface area contributed by atoms with Gasteiger partial charge in [-0.3, -0.25) is 9.48 Å². The third-order valence-electron chi connectivity index (χ3n) is 2.58. The second-order valence-corrected chi connectivity index (χ2v) is 3.86. The Bertz CT molecular complexity index is 334. The molecule has 0 spiro atoms. The Hall–Kier alpha value is -1.16. The highest BCUT2D eigenvalue weighted by Gasteiger charge is 2.17. The molecular weight excluding hydrogens is 204 g/mol. The van der Waals surface area contributed by atoms with E-state index < -0.39 is 0 Å². The lowest BCUT2D eigenvalue weighted by molar-refractivity contribution is -0.128. The average Bonchev–Trinajstić information content (AvgIpc) is 2.73. The molecule has 0 aliphatic heterocycles. The Morgan fingerprint density at radius 1 is 1.56 bits per heavy atom. The smallest absolute Gasteiger partial charge is 0.165 e. The van der Waals surface area contributed by atoms with Crippen LogP contribution in [0.3, 0.4) is 0 Å². The Morgan fingerprint density at radius 3 is 2.81 bits per heavy atom. The van der Waals surface area contributed by atoms with E-state index in [1.54, 1.807) is 13.3 Å². The Labute approximate surface area is 96.6 Å². The quantitative estimate of drug-likeness (QED) is 0.709. The lowest BCUT2D eigenvalue weighted by atomic mass is 10.0. The first-order chi connectivity index (χ1) is 7.71. The predicted molar refractivity (Wildman–Crippen MR) is 62.3 cm³/mol. The monoisotopic (exact) mass is 224 g/mol. The molecule has 0 aliphatic carbocycles. The second-order valence-electron chi connectivity index (χ2n) is 3.86. The van der Waals surface area contributed by atoms with Crippen molar-refractivity contribution in [2.45, 2.75) is 45.8 Å². The van der Waals surface area contributed by atoms with Gasteiger partial charge in [0.25, 0.3) is 0 Å². The SMILES string of the molecule is CCCC(OC)C(=O)Cc1cnn(CC)c1. The zero-order valence-corrected chi connectivity index (χ0v) is 10.3. The van der Waals surface area contributed by atoms with Gasteiger partial charge in [-0.1, -0.05) is 13.3 Å². The van der Waals surface area contributed by atoms with Crippen LogP contribution in [0.5, 0.6) is 0 Å². The fraction of sp³-hybridized carbons (Fsp3) is 0.667. The van der Waals surface area contributed by atoms with E-state index >= 15 is 0 Å². The van der Waals surface area contributed by atoms with Crippen molar-refractivity contribution >= 4 is 5.78 Å². The molecule has 0 radical (unpaired) electrons. The Balaban J connectivity index is 2.55. The van der Waals surface area contributed by atoms with Gasteiger partial charge in [0, 0.05) is 26.3 Å². The molecule has 1 aromatic rings. The first kappa shape index (κ1) is 12.9. The predicted octanol–water partition coefficient (Wildman–Crippen LogP) is 1.83. The van der Waals surface area contributed by atoms with E-state index in [0.29, 0.717) is 6.42 Å². The van der Waals surface area contributed by atoms with Crippen molar-refractivity contribution < 1.29 is 9.53 Å². The largest absolute Gasteiger partial charge is 0.374 e. The molecule has 0 aromatic carbocycles. The number of Topliss-reactive ketones (excluding diaryl/α,β-unsaturated/α-hetero) is 1. The molecule has 0 saturated carbocycles. The number of aryl methyl sites for hydroxylation is 1. The number of carbonyl (C=O) groups excluding carboxylic acids is 1. The maximum absolute atomic E-state index is 11.9. The first-order valence-electron chi connectivity index (χ1n) is 5.78. The van der Waals surface area contributed by atoms with Gasteiger partial charge >= 0.3 is 0 Å². The number of hydrogen-bond acceptors (Lipinski definition) is 3. The fourth-order valence-corrected chi connectivity index (χ4v) is 1.66. The molecule has 0 N–H and O–H groups in total. The minimum absolute atomic E-state index is 0.139. The molecule has 0 fully saturated rings. The molecule has 0 saturated heterocycles. The summed E-state index contributed by atoms with van der Waals surface area (Å²) in [7, 11) is 1.59. The molecule has 1 unspecified atom stereocenters. The van der Waals surface area contributed by atoms with E-state index in [1.165, 1.54) is 0 Å². The van der Waals surface area contributed by atoms with Gasteiger partial charge in [-0.15, -0.1) is 0 Å². The number of carbonyl (C=O) groups is 1. The third-order valence-corrected chi connectivity index (χ3v) is 2.58. The third kappa shape index (κ3) is 3.45. The summed E-state index contributed by atoms with van der Waals surface area (Å²) in [5.74, 6) is 0.139. The lowest BCUT2D eigenvalue weighted by Gasteiger charge is -2.11. The molecular formula is C12H20N2O2. The summed E-state index contributed by atoms with van der Waals surface area (Å²) in [6, 6.07) is 0. The molecule has 0 aliphatic rings. The van der Waals surface area contributed by atoms with Gasteiger partial charge in [0.1, 0.15) is 6.10 Å². The molecule has 4 heteroatoms. The highest BCUT2D eigenvalue weighted by atomic mass is 16.5. The zero-order chi connectivity index (χ0) is 12.0. The van der Waals surface area contributed by atoms with Crippen LogP contribution in [0, 0.1) is 0 Å². The molecule has 0 amide bonds. The van der Waals surface area contributed by atoms with Gasteiger partial charge in [-0.05, 0) is 18.9 Å². The first-order valence-corrected chi connectivity index (χ1v) is 5.78. The fourth-order valence-electron chi connectivity index (χ4n) is 1.66. The zero-order valence-electron chi connectivity index (χ0n) is 10.3. The van der Waals surface area contributed by atoms with Gasteiger partial charge in [0.2, 0.25) is 0 Å². The summed E-state index contributed by atoms with van der Waals surface area (Å²) in [6.45, 7) is 4.90. The minimum Gasteiger partial charge on any atom is -0.374 e. The summed E-state index contributed by atoms with van der Waals surface area (Å²) < 4.78 is 7.00. The number of rotatable bonds is 7. The molecule has 4 nitrogen and oxygen atoms in total. The number of aromatic nitrogens is 2. The number of ketones is 1. The summed E-state index contributed by atoms with van der Waals surface area (Å²) in [5.41, 5.74) is 0.963. The van der Waals surface area contributed by atoms with Crippen LogP contribution in [0.1, 0.15) is 32.3 Å². The maximum Gasteiger partial charge on any atom is 0.165 e. The van der Waals surface area contributed by atoms with Gasteiger partial charge in [0.05, 0.1) is 6.20 Å². The van der Waals surface area contributed by atoms with Crippen LogP contribution >= 0.6 is 0 Å². The van der Waals surface area contributed by atoms with Gasteiger partial charge in [-0.2, -0.15) is 5.10 Å². The molecule has 1 heterocycles. The van der Waals surface area contributed by atoms with Crippen molar-refractivity contribution in [3.63, 3.8) is 0 Å². The van der Waals surface area contributed by atoms with Crippen molar-refractivity contribution in [3.8, 4) is 0 Å². The molecule has 1 atom stereocenters. The highest BCUT2D eigenvalue weighted by Crippen LogP contribution is 2.07. The molecule has 90 valence electrons. The Kier molecular flexibility index (Phi) is 5.19. The van der Waals surface area contributed by atoms with E-state index in [-0.39, 0.29) is 11.9 Å². The number of ether oxygens (including phenoxy) is 1. The van der Waals surface area contributed by atoms with E-state index in [1.807, 2.05) is 17.8 Å². The summed E-state index contributed by atoms with van der Waals surface area (Å²) in [6.07, 6.45) is 5.56. The molecule has 0 bridgehead atoms. The van der Waals surface area contributed by atoms with Crippen LogP contribution in [0.2, 0.25) is 0 Å². The van der Waals surface area contributed by atoms with Crippen LogP contribution < -0.4 is 0 Å². The second kappa shape index (κ2) is 6.43. The van der Waals surface area contributed by atoms with E-state index in [0.717, 1.165) is 24.9 Å². The van der Waals surface area contributed by atoms with Crippen molar-refractivity contribution in [1.82, 2.24) is 9.78 Å². The number of nitrogens with zero attached hydrogens (tertiary/aromatic N) is 2. The highest BCUT2D eigenvalue weighted by molar-refractivity contribution is 5.85. The van der Waals surface area contributed by atoms with E-state index in [4.69, 9.17) is 4.74 Å². The van der Waals surface area contributed by atoms with Crippen molar-refractivity contribution in [3.05, 3.63) is 18.0 Å². The Morgan fingerprint density at radius 2 is 2.31 bits per heavy atom.